The van der Waals surface area contributed by atoms with E-state index in [0.717, 1.165) is 43.6 Å². The fourth-order valence-corrected chi connectivity index (χ4v) is 4.52. The molecular weight excluding hydrogens is 394 g/mol. The Morgan fingerprint density at radius 2 is 2.10 bits per heavy atom. The zero-order chi connectivity index (χ0) is 22.2. The molecule has 0 bridgehead atoms. The number of piperidine rings is 1. The average Bonchev–Trinajstić information content (AvgIpc) is 3.09. The van der Waals surface area contributed by atoms with Crippen LogP contribution >= 0.6 is 0 Å². The van der Waals surface area contributed by atoms with Gasteiger partial charge in [-0.1, -0.05) is 0 Å². The quantitative estimate of drug-likeness (QED) is 0.723. The van der Waals surface area contributed by atoms with Crippen molar-refractivity contribution < 1.29 is 14.0 Å². The van der Waals surface area contributed by atoms with Crippen molar-refractivity contribution in [3.05, 3.63) is 46.8 Å². The lowest BCUT2D eigenvalue weighted by atomic mass is 9.90. The summed E-state index contributed by atoms with van der Waals surface area (Å²) in [6.07, 6.45) is 6.36. The van der Waals surface area contributed by atoms with Gasteiger partial charge in [-0.05, 0) is 69.4 Å². The van der Waals surface area contributed by atoms with Crippen molar-refractivity contribution >= 4 is 24.6 Å². The molecule has 2 aromatic rings. The molecule has 1 aliphatic carbocycles. The van der Waals surface area contributed by atoms with Gasteiger partial charge in [0.1, 0.15) is 5.76 Å². The van der Waals surface area contributed by atoms with Gasteiger partial charge in [0, 0.05) is 44.1 Å². The summed E-state index contributed by atoms with van der Waals surface area (Å²) in [6.45, 7) is 9.27. The lowest BCUT2D eigenvalue weighted by Crippen LogP contribution is -2.40. The minimum Gasteiger partial charge on any atom is -0.456 e. The minimum absolute atomic E-state index is 0.00810. The van der Waals surface area contributed by atoms with E-state index in [-0.39, 0.29) is 17.2 Å². The first-order valence-corrected chi connectivity index (χ1v) is 10.6. The molecule has 1 unspecified atom stereocenters. The van der Waals surface area contributed by atoms with Crippen molar-refractivity contribution in [1.29, 1.82) is 0 Å². The maximum atomic E-state index is 12.7. The summed E-state index contributed by atoms with van der Waals surface area (Å²) in [5.74, 6) is 1.24. The van der Waals surface area contributed by atoms with E-state index in [9.17, 15) is 9.59 Å². The van der Waals surface area contributed by atoms with Crippen LogP contribution in [-0.4, -0.2) is 52.8 Å². The van der Waals surface area contributed by atoms with Crippen molar-refractivity contribution in [2.45, 2.75) is 33.1 Å². The second-order valence-corrected chi connectivity index (χ2v) is 8.68. The summed E-state index contributed by atoms with van der Waals surface area (Å²) in [6, 6.07) is 3.56. The highest BCUT2D eigenvalue weighted by Gasteiger charge is 2.54. The van der Waals surface area contributed by atoms with Crippen LogP contribution in [0.3, 0.4) is 0 Å². The summed E-state index contributed by atoms with van der Waals surface area (Å²) in [7, 11) is 1.85. The molecule has 1 saturated heterocycles. The molecule has 1 spiro atoms. The van der Waals surface area contributed by atoms with Crippen LogP contribution in [0.4, 0.5) is 0 Å². The third kappa shape index (κ3) is 4.19. The van der Waals surface area contributed by atoms with Gasteiger partial charge in [-0.25, -0.2) is 0 Å². The molecule has 3 heterocycles. The molecule has 31 heavy (non-hydrogen) atoms. The summed E-state index contributed by atoms with van der Waals surface area (Å²) in [5.41, 5.74) is 2.55. The first-order valence-electron chi connectivity index (χ1n) is 10.6. The Morgan fingerprint density at radius 3 is 2.74 bits per heavy atom. The molecule has 4 rings (SSSR count). The number of furan rings is 1. The van der Waals surface area contributed by atoms with Gasteiger partial charge in [0.05, 0.1) is 0 Å². The van der Waals surface area contributed by atoms with Crippen molar-refractivity contribution in [2.75, 3.05) is 19.6 Å². The van der Waals surface area contributed by atoms with E-state index in [1.165, 1.54) is 0 Å². The summed E-state index contributed by atoms with van der Waals surface area (Å²) >= 11 is 0. The van der Waals surface area contributed by atoms with Gasteiger partial charge in [0.2, 0.25) is 0 Å². The monoisotopic (exact) mass is 423 g/mol. The summed E-state index contributed by atoms with van der Waals surface area (Å²) < 4.78 is 7.31. The van der Waals surface area contributed by atoms with Crippen molar-refractivity contribution in [3.63, 3.8) is 0 Å². The highest BCUT2D eigenvalue weighted by atomic mass is 16.3. The number of nitrogens with one attached hydrogen (secondary N) is 1. The molecule has 2 amide bonds. The number of likely N-dealkylation sites (tertiary alicyclic amines) is 1. The molecule has 8 nitrogen and oxygen atoms in total. The third-order valence-electron chi connectivity index (χ3n) is 6.79. The van der Waals surface area contributed by atoms with Gasteiger partial charge in [-0.3, -0.25) is 19.3 Å². The molecule has 0 radical (unpaired) electrons. The number of aryl methyl sites for hydroxylation is 3. The highest BCUT2D eigenvalue weighted by molar-refractivity contribution is 5.93. The number of carbonyl (C=O) groups excluding carboxylic acids is 2. The van der Waals surface area contributed by atoms with Crippen LogP contribution in [0.2, 0.25) is 0 Å². The van der Waals surface area contributed by atoms with Gasteiger partial charge >= 0.3 is 0 Å². The van der Waals surface area contributed by atoms with Crippen LogP contribution in [0, 0.1) is 25.2 Å². The lowest BCUT2D eigenvalue weighted by molar-refractivity contribution is 0.0662. The molecule has 1 saturated carbocycles. The number of carbonyl (C=O) groups is 2. The van der Waals surface area contributed by atoms with E-state index in [1.54, 1.807) is 23.0 Å². The third-order valence-corrected chi connectivity index (χ3v) is 6.79. The fourth-order valence-electron chi connectivity index (χ4n) is 4.52. The molecule has 2 aliphatic rings. The van der Waals surface area contributed by atoms with E-state index in [1.807, 2.05) is 31.9 Å². The smallest absolute Gasteiger partial charge is 0.287 e. The standard InChI is InChI=1S/C23H29N5O3/c1-15-11-19(26-27(15)4)22(30)28-9-6-23(7-10-28)13-18(23)14-25-21(29)20-12-17(5-8-24-3)16(2)31-20/h5,8,11-12,18H,3,6-7,9-10,13-14H2,1-2,4H3,(H,25,29)/b8-5-. The zero-order valence-corrected chi connectivity index (χ0v) is 18.4. The predicted molar refractivity (Wildman–Crippen MR) is 118 cm³/mol. The number of aliphatic imine (C=N–C) groups is 1. The van der Waals surface area contributed by atoms with E-state index >= 15 is 0 Å². The Bertz CT molecular complexity index is 1020. The summed E-state index contributed by atoms with van der Waals surface area (Å²) in [4.78, 5) is 30.8. The number of amides is 2. The van der Waals surface area contributed by atoms with Crippen LogP contribution < -0.4 is 5.32 Å². The normalized spacial score (nSPS) is 19.7. The maximum Gasteiger partial charge on any atom is 0.287 e. The van der Waals surface area contributed by atoms with Crippen molar-refractivity contribution in [2.24, 2.45) is 23.4 Å². The first kappa shape index (κ1) is 21.1. The molecule has 1 N–H and O–H groups in total. The van der Waals surface area contributed by atoms with Crippen molar-refractivity contribution in [1.82, 2.24) is 20.0 Å². The van der Waals surface area contributed by atoms with Crippen LogP contribution in [0.1, 0.15) is 57.3 Å². The van der Waals surface area contributed by atoms with Gasteiger partial charge in [0.15, 0.2) is 11.5 Å². The Balaban J connectivity index is 1.27. The van der Waals surface area contributed by atoms with Crippen LogP contribution in [-0.2, 0) is 7.05 Å². The molecular formula is C23H29N5O3. The second kappa shape index (κ2) is 8.17. The van der Waals surface area contributed by atoms with E-state index in [0.29, 0.717) is 29.7 Å². The number of hydrogen-bond donors (Lipinski definition) is 1. The van der Waals surface area contributed by atoms with Crippen LogP contribution in [0.5, 0.6) is 0 Å². The Morgan fingerprint density at radius 1 is 1.35 bits per heavy atom. The number of aromatic nitrogens is 2. The highest BCUT2D eigenvalue weighted by Crippen LogP contribution is 2.59. The fraction of sp³-hybridized carbons (Fsp3) is 0.478. The molecule has 2 fully saturated rings. The Labute approximate surface area is 182 Å². The van der Waals surface area contributed by atoms with Crippen LogP contribution in [0.15, 0.2) is 27.7 Å². The summed E-state index contributed by atoms with van der Waals surface area (Å²) in [5, 5.41) is 7.32. The molecule has 2 aromatic heterocycles. The molecule has 164 valence electrons. The van der Waals surface area contributed by atoms with Gasteiger partial charge < -0.3 is 14.6 Å². The number of nitrogens with zero attached hydrogens (tertiary/aromatic N) is 4. The molecule has 0 aromatic carbocycles. The van der Waals surface area contributed by atoms with Gasteiger partial charge in [-0.15, -0.1) is 0 Å². The number of rotatable bonds is 6. The predicted octanol–water partition coefficient (Wildman–Crippen LogP) is 2.97. The first-order chi connectivity index (χ1) is 14.8. The topological polar surface area (TPSA) is 92.7 Å². The van der Waals surface area contributed by atoms with Gasteiger partial charge in [-0.2, -0.15) is 5.10 Å². The molecule has 1 aliphatic heterocycles. The largest absolute Gasteiger partial charge is 0.456 e. The van der Waals surface area contributed by atoms with E-state index in [2.05, 4.69) is 22.1 Å². The van der Waals surface area contributed by atoms with E-state index < -0.39 is 0 Å². The lowest BCUT2D eigenvalue weighted by Gasteiger charge is -2.32. The maximum absolute atomic E-state index is 12.7. The van der Waals surface area contributed by atoms with E-state index in [4.69, 9.17) is 4.42 Å². The number of hydrogen-bond acceptors (Lipinski definition) is 5. The second-order valence-electron chi connectivity index (χ2n) is 8.68. The Kier molecular flexibility index (Phi) is 5.56. The van der Waals surface area contributed by atoms with Crippen molar-refractivity contribution in [3.8, 4) is 0 Å². The minimum atomic E-state index is -0.200. The zero-order valence-electron chi connectivity index (χ0n) is 18.4. The average molecular weight is 424 g/mol. The van der Waals surface area contributed by atoms with Crippen LogP contribution in [0.25, 0.3) is 6.08 Å². The Hall–Kier alpha value is -3.16. The molecule has 8 heteroatoms. The SMILES string of the molecule is C=N/C=C\c1cc(C(=O)NCC2CC23CCN(C(=O)c2cc(C)n(C)n2)CC3)oc1C. The molecule has 1 atom stereocenters. The van der Waals surface area contributed by atoms with Gasteiger partial charge in [0.25, 0.3) is 11.8 Å².